The molecule has 0 aliphatic carbocycles. The second-order valence-corrected chi connectivity index (χ2v) is 5.89. The number of carbonyl (C=O) groups excluding carboxylic acids is 1. The number of carbonyl (C=O) groups is 1. The molecule has 1 aliphatic heterocycles. The zero-order chi connectivity index (χ0) is 17.4. The first-order valence-electron chi connectivity index (χ1n) is 7.91. The second kappa shape index (κ2) is 6.04. The van der Waals surface area contributed by atoms with Gasteiger partial charge in [0.05, 0.1) is 19.9 Å². The van der Waals surface area contributed by atoms with Crippen molar-refractivity contribution in [3.8, 4) is 17.3 Å². The molecule has 1 aromatic carbocycles. The van der Waals surface area contributed by atoms with E-state index in [1.807, 2.05) is 35.8 Å². The highest BCUT2D eigenvalue weighted by Crippen LogP contribution is 2.29. The van der Waals surface area contributed by atoms with E-state index in [-0.39, 0.29) is 5.91 Å². The van der Waals surface area contributed by atoms with Gasteiger partial charge in [0.1, 0.15) is 11.8 Å². The molecule has 3 aromatic rings. The van der Waals surface area contributed by atoms with E-state index in [1.165, 1.54) is 6.39 Å². The molecule has 25 heavy (non-hydrogen) atoms. The van der Waals surface area contributed by atoms with E-state index in [2.05, 4.69) is 15.2 Å². The van der Waals surface area contributed by atoms with Crippen LogP contribution in [-0.4, -0.2) is 37.7 Å². The van der Waals surface area contributed by atoms with Crippen LogP contribution in [0.15, 0.2) is 41.3 Å². The summed E-state index contributed by atoms with van der Waals surface area (Å²) in [5, 5.41) is 8.40. The van der Waals surface area contributed by atoms with Crippen LogP contribution in [0, 0.1) is 0 Å². The van der Waals surface area contributed by atoms with Crippen LogP contribution in [0.1, 0.15) is 24.4 Å². The molecule has 8 nitrogen and oxygen atoms in total. The lowest BCUT2D eigenvalue weighted by atomic mass is 10.1. The molecule has 128 valence electrons. The van der Waals surface area contributed by atoms with Gasteiger partial charge in [-0.1, -0.05) is 12.1 Å². The maximum Gasteiger partial charge on any atom is 0.246 e. The molecule has 0 unspecified atom stereocenters. The quantitative estimate of drug-likeness (QED) is 0.723. The predicted octanol–water partition coefficient (Wildman–Crippen LogP) is 2.05. The highest BCUT2D eigenvalue weighted by Gasteiger charge is 2.34. The molecular formula is C17H17N5O3. The first-order valence-corrected chi connectivity index (χ1v) is 7.91. The van der Waals surface area contributed by atoms with Gasteiger partial charge in [-0.05, 0) is 24.6 Å². The van der Waals surface area contributed by atoms with Gasteiger partial charge < -0.3 is 14.1 Å². The van der Waals surface area contributed by atoms with Crippen LogP contribution in [0.25, 0.3) is 11.6 Å². The van der Waals surface area contributed by atoms with Crippen molar-refractivity contribution in [1.29, 1.82) is 0 Å². The van der Waals surface area contributed by atoms with E-state index in [1.54, 1.807) is 18.2 Å². The molecule has 0 fully saturated rings. The monoisotopic (exact) mass is 339 g/mol. The third-order valence-corrected chi connectivity index (χ3v) is 4.34. The molecular weight excluding hydrogens is 322 g/mol. The van der Waals surface area contributed by atoms with Gasteiger partial charge in [-0.25, -0.2) is 4.98 Å². The van der Waals surface area contributed by atoms with E-state index in [0.717, 1.165) is 17.1 Å². The Labute approximate surface area is 144 Å². The normalized spacial score (nSPS) is 16.8. The van der Waals surface area contributed by atoms with E-state index in [4.69, 9.17) is 9.15 Å². The summed E-state index contributed by atoms with van der Waals surface area (Å²) in [7, 11) is 1.63. The van der Waals surface area contributed by atoms with E-state index >= 15 is 0 Å². The van der Waals surface area contributed by atoms with Crippen LogP contribution in [0.4, 0.5) is 0 Å². The van der Waals surface area contributed by atoms with Crippen molar-refractivity contribution in [3.05, 3.63) is 48.2 Å². The Kier molecular flexibility index (Phi) is 3.72. The Hall–Kier alpha value is -3.16. The number of aromatic nitrogens is 4. The number of ether oxygens (including phenoxy) is 1. The molecule has 0 N–H and O–H groups in total. The number of hydrogen-bond acceptors (Lipinski definition) is 6. The van der Waals surface area contributed by atoms with Gasteiger partial charge in [0, 0.05) is 6.54 Å². The minimum absolute atomic E-state index is 0.0175. The number of fused-ring (bicyclic) bond motifs is 1. The number of oxazole rings is 1. The molecule has 0 spiro atoms. The van der Waals surface area contributed by atoms with Crippen LogP contribution >= 0.6 is 0 Å². The third-order valence-electron chi connectivity index (χ3n) is 4.34. The van der Waals surface area contributed by atoms with Crippen LogP contribution in [-0.2, 0) is 17.9 Å². The Bertz CT molecular complexity index is 886. The summed E-state index contributed by atoms with van der Waals surface area (Å²) in [5.74, 6) is 2.56. The lowest BCUT2D eigenvalue weighted by Crippen LogP contribution is -2.41. The van der Waals surface area contributed by atoms with Crippen molar-refractivity contribution in [3.63, 3.8) is 0 Å². The molecule has 3 heterocycles. The minimum atomic E-state index is -0.405. The van der Waals surface area contributed by atoms with Crippen LogP contribution in [0.5, 0.6) is 5.75 Å². The summed E-state index contributed by atoms with van der Waals surface area (Å²) in [6.07, 6.45) is 2.90. The van der Waals surface area contributed by atoms with Crippen LogP contribution < -0.4 is 4.74 Å². The van der Waals surface area contributed by atoms with Gasteiger partial charge in [0.2, 0.25) is 11.7 Å². The van der Waals surface area contributed by atoms with Gasteiger partial charge in [0.15, 0.2) is 18.0 Å². The molecule has 1 atom stereocenters. The number of nitrogens with zero attached hydrogens (tertiary/aromatic N) is 5. The Balaban J connectivity index is 1.60. The summed E-state index contributed by atoms with van der Waals surface area (Å²) in [4.78, 5) is 18.5. The molecule has 1 aliphatic rings. The predicted molar refractivity (Wildman–Crippen MR) is 87.5 cm³/mol. The van der Waals surface area contributed by atoms with Gasteiger partial charge >= 0.3 is 0 Å². The second-order valence-electron chi connectivity index (χ2n) is 5.89. The lowest BCUT2D eigenvalue weighted by Gasteiger charge is -2.32. The number of amides is 1. The van der Waals surface area contributed by atoms with Crippen molar-refractivity contribution in [2.75, 3.05) is 7.11 Å². The SMILES string of the molecule is COc1ccc(CN2Cc3nnc(-c4cnco4)n3[C@@H](C)C2=O)cc1. The molecule has 1 amide bonds. The fourth-order valence-corrected chi connectivity index (χ4v) is 3.04. The number of benzene rings is 1. The maximum atomic E-state index is 12.8. The van der Waals surface area contributed by atoms with Crippen molar-refractivity contribution >= 4 is 5.91 Å². The highest BCUT2D eigenvalue weighted by atomic mass is 16.5. The molecule has 8 heteroatoms. The maximum absolute atomic E-state index is 12.8. The smallest absolute Gasteiger partial charge is 0.246 e. The number of rotatable bonds is 4. The van der Waals surface area contributed by atoms with Crippen molar-refractivity contribution < 1.29 is 13.9 Å². The summed E-state index contributed by atoms with van der Waals surface area (Å²) in [6, 6.07) is 7.28. The summed E-state index contributed by atoms with van der Waals surface area (Å²) >= 11 is 0. The Morgan fingerprint density at radius 3 is 2.76 bits per heavy atom. The van der Waals surface area contributed by atoms with Crippen LogP contribution in [0.3, 0.4) is 0 Å². The zero-order valence-electron chi connectivity index (χ0n) is 13.9. The average Bonchev–Trinajstić information content (AvgIpc) is 3.29. The summed E-state index contributed by atoms with van der Waals surface area (Å²) in [6.45, 7) is 2.75. The minimum Gasteiger partial charge on any atom is -0.497 e. The first-order chi connectivity index (χ1) is 12.2. The Morgan fingerprint density at radius 2 is 2.08 bits per heavy atom. The Morgan fingerprint density at radius 1 is 1.28 bits per heavy atom. The zero-order valence-corrected chi connectivity index (χ0v) is 13.9. The average molecular weight is 339 g/mol. The van der Waals surface area contributed by atoms with Crippen LogP contribution in [0.2, 0.25) is 0 Å². The van der Waals surface area contributed by atoms with E-state index < -0.39 is 6.04 Å². The number of hydrogen-bond donors (Lipinski definition) is 0. The van der Waals surface area contributed by atoms with Gasteiger partial charge in [-0.15, -0.1) is 10.2 Å². The molecule has 2 aromatic heterocycles. The fraction of sp³-hybridized carbons (Fsp3) is 0.294. The van der Waals surface area contributed by atoms with Gasteiger partial charge in [-0.2, -0.15) is 0 Å². The highest BCUT2D eigenvalue weighted by molar-refractivity contribution is 5.81. The topological polar surface area (TPSA) is 86.3 Å². The largest absolute Gasteiger partial charge is 0.497 e. The van der Waals surface area contributed by atoms with E-state index in [0.29, 0.717) is 24.7 Å². The fourth-order valence-electron chi connectivity index (χ4n) is 3.04. The lowest BCUT2D eigenvalue weighted by molar-refractivity contribution is -0.137. The molecule has 4 rings (SSSR count). The molecule has 0 radical (unpaired) electrons. The first kappa shape index (κ1) is 15.4. The summed E-state index contributed by atoms with van der Waals surface area (Å²) in [5.41, 5.74) is 1.03. The third kappa shape index (κ3) is 2.65. The molecule has 0 saturated heterocycles. The molecule has 0 saturated carbocycles. The van der Waals surface area contributed by atoms with Crippen molar-refractivity contribution in [2.24, 2.45) is 0 Å². The molecule has 0 bridgehead atoms. The summed E-state index contributed by atoms with van der Waals surface area (Å²) < 4.78 is 12.3. The van der Waals surface area contributed by atoms with Crippen molar-refractivity contribution in [1.82, 2.24) is 24.6 Å². The standard InChI is InChI=1S/C17H17N5O3/c1-11-17(23)21(8-12-3-5-13(24-2)6-4-12)9-15-19-20-16(22(11)15)14-7-18-10-25-14/h3-7,10-11H,8-9H2,1-2H3/t11-/m0/s1. The van der Waals surface area contributed by atoms with E-state index in [9.17, 15) is 4.79 Å². The number of methoxy groups -OCH3 is 1. The van der Waals surface area contributed by atoms with Gasteiger partial charge in [-0.3, -0.25) is 9.36 Å². The van der Waals surface area contributed by atoms with Crippen molar-refractivity contribution in [2.45, 2.75) is 26.1 Å². The van der Waals surface area contributed by atoms with Gasteiger partial charge in [0.25, 0.3) is 0 Å².